The van der Waals surface area contributed by atoms with Crippen molar-refractivity contribution in [1.29, 1.82) is 0 Å². The van der Waals surface area contributed by atoms with Crippen LogP contribution in [0.2, 0.25) is 0 Å². The van der Waals surface area contributed by atoms with Gasteiger partial charge < -0.3 is 14.7 Å². The Morgan fingerprint density at radius 3 is 2.96 bits per heavy atom. The molecule has 0 saturated carbocycles. The third-order valence-electron chi connectivity index (χ3n) is 3.89. The smallest absolute Gasteiger partial charge is 0.305 e. The number of aliphatic carboxylic acids is 1. The summed E-state index contributed by atoms with van der Waals surface area (Å²) in [6.07, 6.45) is 6.06. The lowest BCUT2D eigenvalue weighted by molar-refractivity contribution is -0.137. The van der Waals surface area contributed by atoms with Gasteiger partial charge in [0.25, 0.3) is 5.91 Å². The van der Waals surface area contributed by atoms with E-state index >= 15 is 0 Å². The number of carboxylic acids is 1. The second-order valence-electron chi connectivity index (χ2n) is 5.57. The fourth-order valence-corrected chi connectivity index (χ4v) is 2.83. The summed E-state index contributed by atoms with van der Waals surface area (Å²) >= 11 is 0. The van der Waals surface area contributed by atoms with Crippen LogP contribution >= 0.6 is 0 Å². The molecular formula is C17H17N3O4. The van der Waals surface area contributed by atoms with Crippen LogP contribution in [0.4, 0.5) is 0 Å². The van der Waals surface area contributed by atoms with Crippen LogP contribution in [-0.2, 0) is 4.79 Å². The minimum atomic E-state index is -0.889. The van der Waals surface area contributed by atoms with Gasteiger partial charge in [-0.15, -0.1) is 0 Å². The Morgan fingerprint density at radius 2 is 2.21 bits per heavy atom. The zero-order valence-electron chi connectivity index (χ0n) is 13.0. The molecule has 1 unspecified atom stereocenters. The van der Waals surface area contributed by atoms with E-state index in [2.05, 4.69) is 9.97 Å². The van der Waals surface area contributed by atoms with Crippen LogP contribution in [0.1, 0.15) is 29.6 Å². The van der Waals surface area contributed by atoms with Gasteiger partial charge in [-0.25, -0.2) is 4.98 Å². The summed E-state index contributed by atoms with van der Waals surface area (Å²) in [6, 6.07) is 6.53. The molecule has 1 aliphatic heterocycles. The van der Waals surface area contributed by atoms with Gasteiger partial charge in [0.05, 0.1) is 12.6 Å². The number of hydrogen-bond donors (Lipinski definition) is 1. The Hall–Kier alpha value is -2.96. The first-order chi connectivity index (χ1) is 11.6. The Morgan fingerprint density at radius 1 is 1.33 bits per heavy atom. The molecule has 1 amide bonds. The number of rotatable bonds is 5. The first kappa shape index (κ1) is 15.9. The van der Waals surface area contributed by atoms with E-state index in [1.54, 1.807) is 35.4 Å². The van der Waals surface area contributed by atoms with Crippen LogP contribution in [0, 0.1) is 0 Å². The summed E-state index contributed by atoms with van der Waals surface area (Å²) in [4.78, 5) is 33.2. The van der Waals surface area contributed by atoms with Crippen molar-refractivity contribution in [1.82, 2.24) is 14.9 Å². The molecule has 2 aromatic rings. The molecule has 0 spiro atoms. The molecule has 7 heteroatoms. The predicted octanol–water partition coefficient (Wildman–Crippen LogP) is 2.35. The highest BCUT2D eigenvalue weighted by atomic mass is 16.5. The Kier molecular flexibility index (Phi) is 4.69. The molecule has 3 rings (SSSR count). The van der Waals surface area contributed by atoms with E-state index in [-0.39, 0.29) is 18.4 Å². The van der Waals surface area contributed by atoms with Gasteiger partial charge in [-0.05, 0) is 31.0 Å². The number of aromatic nitrogens is 2. The normalized spacial score (nSPS) is 16.8. The lowest BCUT2D eigenvalue weighted by atomic mass is 10.1. The van der Waals surface area contributed by atoms with Crippen LogP contribution in [0.15, 0.2) is 42.9 Å². The van der Waals surface area contributed by atoms with Gasteiger partial charge in [0.15, 0.2) is 0 Å². The zero-order valence-corrected chi connectivity index (χ0v) is 13.0. The maximum absolute atomic E-state index is 12.7. The molecule has 1 aromatic heterocycles. The molecule has 7 nitrogen and oxygen atoms in total. The lowest BCUT2D eigenvalue weighted by Crippen LogP contribution is -2.36. The van der Waals surface area contributed by atoms with Crippen molar-refractivity contribution in [3.8, 4) is 11.6 Å². The summed E-state index contributed by atoms with van der Waals surface area (Å²) in [5, 5.41) is 8.98. The summed E-state index contributed by atoms with van der Waals surface area (Å²) in [7, 11) is 0. The topological polar surface area (TPSA) is 92.6 Å². The molecule has 24 heavy (non-hydrogen) atoms. The maximum Gasteiger partial charge on any atom is 0.305 e. The van der Waals surface area contributed by atoms with Crippen LogP contribution in [0.3, 0.4) is 0 Å². The van der Waals surface area contributed by atoms with E-state index in [1.807, 2.05) is 0 Å². The van der Waals surface area contributed by atoms with Gasteiger partial charge >= 0.3 is 5.97 Å². The highest BCUT2D eigenvalue weighted by Gasteiger charge is 2.31. The van der Waals surface area contributed by atoms with Crippen molar-refractivity contribution < 1.29 is 19.4 Å². The van der Waals surface area contributed by atoms with Gasteiger partial charge in [0.2, 0.25) is 5.88 Å². The van der Waals surface area contributed by atoms with Crippen molar-refractivity contribution in [2.45, 2.75) is 25.3 Å². The number of benzene rings is 1. The number of ether oxygens (including phenoxy) is 1. The van der Waals surface area contributed by atoms with Gasteiger partial charge in [-0.3, -0.25) is 14.6 Å². The standard InChI is InChI=1S/C17H17N3O4/c21-16(22)10-13-4-2-8-20(13)17(23)12-3-1-5-14(9-12)24-15-11-18-6-7-19-15/h1,3,5-7,9,11,13H,2,4,8,10H2,(H,21,22). The summed E-state index contributed by atoms with van der Waals surface area (Å²) in [6.45, 7) is 0.575. The molecule has 0 radical (unpaired) electrons. The second-order valence-corrected chi connectivity index (χ2v) is 5.57. The molecule has 1 saturated heterocycles. The van der Waals surface area contributed by atoms with Crippen molar-refractivity contribution >= 4 is 11.9 Å². The van der Waals surface area contributed by atoms with Crippen molar-refractivity contribution in [3.05, 3.63) is 48.4 Å². The first-order valence-electron chi connectivity index (χ1n) is 7.70. The Balaban J connectivity index is 1.75. The Bertz CT molecular complexity index is 736. The number of nitrogens with zero attached hydrogens (tertiary/aromatic N) is 3. The summed E-state index contributed by atoms with van der Waals surface area (Å²) < 4.78 is 5.58. The predicted molar refractivity (Wildman–Crippen MR) is 84.9 cm³/mol. The molecule has 124 valence electrons. The average molecular weight is 327 g/mol. The molecule has 1 atom stereocenters. The molecule has 1 aromatic carbocycles. The van der Waals surface area contributed by atoms with Crippen molar-refractivity contribution in [3.63, 3.8) is 0 Å². The van der Waals surface area contributed by atoms with E-state index < -0.39 is 5.97 Å². The number of carboxylic acid groups (broad SMARTS) is 1. The number of carbonyl (C=O) groups excluding carboxylic acids is 1. The fourth-order valence-electron chi connectivity index (χ4n) is 2.83. The van der Waals surface area contributed by atoms with Gasteiger partial charge in [-0.1, -0.05) is 6.07 Å². The summed E-state index contributed by atoms with van der Waals surface area (Å²) in [5.74, 6) is -0.245. The van der Waals surface area contributed by atoms with E-state index in [9.17, 15) is 9.59 Å². The van der Waals surface area contributed by atoms with Gasteiger partial charge in [-0.2, -0.15) is 0 Å². The van der Waals surface area contributed by atoms with E-state index in [4.69, 9.17) is 9.84 Å². The minimum Gasteiger partial charge on any atom is -0.481 e. The van der Waals surface area contributed by atoms with Crippen LogP contribution in [0.5, 0.6) is 11.6 Å². The van der Waals surface area contributed by atoms with E-state index in [1.165, 1.54) is 12.4 Å². The average Bonchev–Trinajstić information content (AvgIpc) is 3.02. The summed E-state index contributed by atoms with van der Waals surface area (Å²) in [5.41, 5.74) is 0.466. The number of carbonyl (C=O) groups is 2. The minimum absolute atomic E-state index is 0.0263. The second kappa shape index (κ2) is 7.08. The van der Waals surface area contributed by atoms with Crippen molar-refractivity contribution in [2.24, 2.45) is 0 Å². The van der Waals surface area contributed by atoms with Crippen LogP contribution < -0.4 is 4.74 Å². The molecule has 1 N–H and O–H groups in total. The first-order valence-corrected chi connectivity index (χ1v) is 7.70. The monoisotopic (exact) mass is 327 g/mol. The quantitative estimate of drug-likeness (QED) is 0.906. The fraction of sp³-hybridized carbons (Fsp3) is 0.294. The lowest BCUT2D eigenvalue weighted by Gasteiger charge is -2.23. The van der Waals surface area contributed by atoms with Crippen LogP contribution in [-0.4, -0.2) is 44.4 Å². The Labute approximate surface area is 138 Å². The highest BCUT2D eigenvalue weighted by Crippen LogP contribution is 2.25. The maximum atomic E-state index is 12.7. The SMILES string of the molecule is O=C(O)CC1CCCN1C(=O)c1cccc(Oc2cnccn2)c1. The van der Waals surface area contributed by atoms with E-state index in [0.717, 1.165) is 6.42 Å². The van der Waals surface area contributed by atoms with Gasteiger partial charge in [0.1, 0.15) is 5.75 Å². The molecule has 0 bridgehead atoms. The molecule has 0 aliphatic carbocycles. The number of hydrogen-bond acceptors (Lipinski definition) is 5. The molecular weight excluding hydrogens is 310 g/mol. The van der Waals surface area contributed by atoms with Crippen LogP contribution in [0.25, 0.3) is 0 Å². The van der Waals surface area contributed by atoms with Gasteiger partial charge in [0, 0.05) is 30.5 Å². The molecule has 1 aliphatic rings. The highest BCUT2D eigenvalue weighted by molar-refractivity contribution is 5.95. The third kappa shape index (κ3) is 3.68. The third-order valence-corrected chi connectivity index (χ3v) is 3.89. The number of amides is 1. The molecule has 1 fully saturated rings. The zero-order chi connectivity index (χ0) is 16.9. The largest absolute Gasteiger partial charge is 0.481 e. The van der Waals surface area contributed by atoms with E-state index in [0.29, 0.717) is 30.2 Å². The molecule has 2 heterocycles. The number of likely N-dealkylation sites (tertiary alicyclic amines) is 1. The van der Waals surface area contributed by atoms with Crippen molar-refractivity contribution in [2.75, 3.05) is 6.54 Å².